The van der Waals surface area contributed by atoms with E-state index in [4.69, 9.17) is 23.7 Å². The van der Waals surface area contributed by atoms with Crippen molar-refractivity contribution in [3.63, 3.8) is 0 Å². The molecule has 222 valence electrons. The molecule has 4 aromatic rings. The second-order valence-electron chi connectivity index (χ2n) is 10.7. The lowest BCUT2D eigenvalue weighted by Crippen LogP contribution is -2.61. The molecule has 1 aliphatic heterocycles. The van der Waals surface area contributed by atoms with Crippen molar-refractivity contribution >= 4 is 0 Å². The first-order chi connectivity index (χ1) is 21.3. The molecule has 0 aromatic heterocycles. The van der Waals surface area contributed by atoms with Gasteiger partial charge in [0.25, 0.3) is 0 Å². The van der Waals surface area contributed by atoms with E-state index in [1.807, 2.05) is 121 Å². The van der Waals surface area contributed by atoms with Crippen molar-refractivity contribution in [1.82, 2.24) is 0 Å². The molecule has 0 bridgehead atoms. The summed E-state index contributed by atoms with van der Waals surface area (Å²) in [7, 11) is 0. The zero-order valence-corrected chi connectivity index (χ0v) is 24.4. The first-order valence-corrected chi connectivity index (χ1v) is 14.9. The summed E-state index contributed by atoms with van der Waals surface area (Å²) < 4.78 is 32.9. The molecule has 6 nitrogen and oxygen atoms in total. The highest BCUT2D eigenvalue weighted by Crippen LogP contribution is 2.32. The Morgan fingerprint density at radius 3 is 1.35 bits per heavy atom. The van der Waals surface area contributed by atoms with Gasteiger partial charge < -0.3 is 23.7 Å². The minimum Gasteiger partial charge on any atom is -0.374 e. The lowest BCUT2D eigenvalue weighted by atomic mass is 9.92. The SMILES string of the molecule is N#CCC[C@H]1OC(COCc2ccccc2)[C@@H](OCc2ccccc2)C(OCc2ccccc2)C1OCc1ccccc1. The van der Waals surface area contributed by atoms with E-state index in [-0.39, 0.29) is 6.10 Å². The van der Waals surface area contributed by atoms with E-state index in [1.54, 1.807) is 0 Å². The first kappa shape index (κ1) is 30.6. The van der Waals surface area contributed by atoms with Crippen LogP contribution in [0.15, 0.2) is 121 Å². The van der Waals surface area contributed by atoms with Gasteiger partial charge in [0, 0.05) is 6.42 Å². The van der Waals surface area contributed by atoms with Crippen molar-refractivity contribution in [2.24, 2.45) is 0 Å². The van der Waals surface area contributed by atoms with Crippen molar-refractivity contribution in [3.05, 3.63) is 144 Å². The van der Waals surface area contributed by atoms with Gasteiger partial charge in [-0.2, -0.15) is 5.26 Å². The molecule has 5 rings (SSSR count). The fraction of sp³-hybridized carbons (Fsp3) is 0.324. The molecule has 5 atom stereocenters. The molecule has 0 radical (unpaired) electrons. The molecule has 6 heteroatoms. The van der Waals surface area contributed by atoms with Crippen molar-refractivity contribution in [2.45, 2.75) is 69.8 Å². The molecule has 0 N–H and O–H groups in total. The van der Waals surface area contributed by atoms with E-state index in [2.05, 4.69) is 6.07 Å². The van der Waals surface area contributed by atoms with Gasteiger partial charge in [0.05, 0.1) is 45.2 Å². The van der Waals surface area contributed by atoms with Crippen molar-refractivity contribution in [2.75, 3.05) is 6.61 Å². The van der Waals surface area contributed by atoms with Gasteiger partial charge in [0.15, 0.2) is 0 Å². The Hall–Kier alpha value is -3.83. The molecule has 0 saturated carbocycles. The van der Waals surface area contributed by atoms with Gasteiger partial charge in [0.2, 0.25) is 0 Å². The smallest absolute Gasteiger partial charge is 0.115 e. The van der Waals surface area contributed by atoms with E-state index in [0.717, 1.165) is 22.3 Å². The van der Waals surface area contributed by atoms with Crippen molar-refractivity contribution in [3.8, 4) is 6.07 Å². The number of hydrogen-bond acceptors (Lipinski definition) is 6. The monoisotopic (exact) mass is 577 g/mol. The first-order valence-electron chi connectivity index (χ1n) is 14.9. The van der Waals surface area contributed by atoms with Crippen LogP contribution in [0.25, 0.3) is 0 Å². The van der Waals surface area contributed by atoms with E-state index in [0.29, 0.717) is 45.9 Å². The molecule has 1 aliphatic rings. The number of rotatable bonds is 15. The maximum Gasteiger partial charge on any atom is 0.115 e. The Morgan fingerprint density at radius 1 is 0.512 bits per heavy atom. The fourth-order valence-corrected chi connectivity index (χ4v) is 5.32. The number of nitrogens with zero attached hydrogens (tertiary/aromatic N) is 1. The molecule has 0 spiro atoms. The van der Waals surface area contributed by atoms with Crippen LogP contribution in [0.2, 0.25) is 0 Å². The molecular formula is C37H39NO5. The summed E-state index contributed by atoms with van der Waals surface area (Å²) in [4.78, 5) is 0. The highest BCUT2D eigenvalue weighted by Gasteiger charge is 2.48. The predicted molar refractivity (Wildman–Crippen MR) is 165 cm³/mol. The van der Waals surface area contributed by atoms with Gasteiger partial charge in [-0.1, -0.05) is 121 Å². The van der Waals surface area contributed by atoms with Crippen LogP contribution < -0.4 is 0 Å². The van der Waals surface area contributed by atoms with Crippen LogP contribution in [-0.4, -0.2) is 37.1 Å². The van der Waals surface area contributed by atoms with Crippen LogP contribution >= 0.6 is 0 Å². The zero-order valence-electron chi connectivity index (χ0n) is 24.4. The second-order valence-corrected chi connectivity index (χ2v) is 10.7. The summed E-state index contributed by atoms with van der Waals surface area (Å²) >= 11 is 0. The third kappa shape index (κ3) is 9.33. The Labute approximate surface area is 254 Å². The molecule has 43 heavy (non-hydrogen) atoms. The van der Waals surface area contributed by atoms with Crippen molar-refractivity contribution < 1.29 is 23.7 Å². The standard InChI is InChI=1S/C37H39NO5/c38-23-13-22-33-35(40-25-30-16-7-2-8-17-30)37(42-27-32-20-11-4-12-21-32)36(41-26-31-18-9-3-10-19-31)34(43-33)28-39-24-29-14-5-1-6-15-29/h1-12,14-21,33-37H,13,22,24-28H2/t33-,34?,35?,36-,37?/m1/s1. The zero-order chi connectivity index (χ0) is 29.5. The summed E-state index contributed by atoms with van der Waals surface area (Å²) in [5.74, 6) is 0. The number of benzene rings is 4. The van der Waals surface area contributed by atoms with Gasteiger partial charge >= 0.3 is 0 Å². The van der Waals surface area contributed by atoms with Crippen LogP contribution in [0.5, 0.6) is 0 Å². The summed E-state index contributed by atoms with van der Waals surface area (Å²) in [5, 5.41) is 9.48. The lowest BCUT2D eigenvalue weighted by molar-refractivity contribution is -0.273. The lowest BCUT2D eigenvalue weighted by Gasteiger charge is -2.46. The largest absolute Gasteiger partial charge is 0.374 e. The van der Waals surface area contributed by atoms with Crippen LogP contribution in [0.3, 0.4) is 0 Å². The molecule has 0 aliphatic carbocycles. The molecule has 3 unspecified atom stereocenters. The molecule has 0 amide bonds. The van der Waals surface area contributed by atoms with Crippen LogP contribution in [0, 0.1) is 11.3 Å². The Morgan fingerprint density at radius 2 is 0.907 bits per heavy atom. The van der Waals surface area contributed by atoms with Gasteiger partial charge in [-0.05, 0) is 28.7 Å². The van der Waals surface area contributed by atoms with Crippen molar-refractivity contribution in [1.29, 1.82) is 5.26 Å². The summed E-state index contributed by atoms with van der Waals surface area (Å²) in [5.41, 5.74) is 4.25. The maximum absolute atomic E-state index is 9.48. The minimum atomic E-state index is -0.473. The van der Waals surface area contributed by atoms with E-state index < -0.39 is 24.4 Å². The third-order valence-corrected chi connectivity index (χ3v) is 7.52. The average molecular weight is 578 g/mol. The second kappa shape index (κ2) is 16.7. The molecule has 1 heterocycles. The Kier molecular flexibility index (Phi) is 11.9. The van der Waals surface area contributed by atoms with Gasteiger partial charge in [-0.15, -0.1) is 0 Å². The van der Waals surface area contributed by atoms with E-state index in [1.165, 1.54) is 0 Å². The van der Waals surface area contributed by atoms with E-state index in [9.17, 15) is 5.26 Å². The van der Waals surface area contributed by atoms with Crippen LogP contribution in [-0.2, 0) is 50.1 Å². The van der Waals surface area contributed by atoms with Crippen LogP contribution in [0.1, 0.15) is 35.1 Å². The Balaban J connectivity index is 1.41. The average Bonchev–Trinajstić information content (AvgIpc) is 3.07. The van der Waals surface area contributed by atoms with Gasteiger partial charge in [-0.3, -0.25) is 0 Å². The molecule has 4 aromatic carbocycles. The highest BCUT2D eigenvalue weighted by atomic mass is 16.6. The molecule has 1 fully saturated rings. The minimum absolute atomic E-state index is 0.313. The fourth-order valence-electron chi connectivity index (χ4n) is 5.32. The Bertz CT molecular complexity index is 1360. The predicted octanol–water partition coefficient (Wildman–Crippen LogP) is 7.03. The van der Waals surface area contributed by atoms with Gasteiger partial charge in [-0.25, -0.2) is 0 Å². The normalized spacial score (nSPS) is 21.7. The molecular weight excluding hydrogens is 538 g/mol. The molecule has 1 saturated heterocycles. The number of hydrogen-bond donors (Lipinski definition) is 0. The number of nitriles is 1. The maximum atomic E-state index is 9.48. The third-order valence-electron chi connectivity index (χ3n) is 7.52. The quantitative estimate of drug-likeness (QED) is 0.151. The van der Waals surface area contributed by atoms with Gasteiger partial charge in [0.1, 0.15) is 24.4 Å². The number of ether oxygens (including phenoxy) is 5. The van der Waals surface area contributed by atoms with Crippen LogP contribution in [0.4, 0.5) is 0 Å². The highest BCUT2D eigenvalue weighted by molar-refractivity contribution is 5.16. The summed E-state index contributed by atoms with van der Waals surface area (Å²) in [6.07, 6.45) is -1.33. The summed E-state index contributed by atoms with van der Waals surface area (Å²) in [6, 6.07) is 42.6. The van der Waals surface area contributed by atoms with E-state index >= 15 is 0 Å². The topological polar surface area (TPSA) is 69.9 Å². The summed E-state index contributed by atoms with van der Waals surface area (Å²) in [6.45, 7) is 1.95.